The molecule has 2 saturated carbocycles. The first-order chi connectivity index (χ1) is 7.79. The van der Waals surface area contributed by atoms with Crippen molar-refractivity contribution < 1.29 is 4.74 Å². The molecule has 2 aliphatic carbocycles. The van der Waals surface area contributed by atoms with Crippen molar-refractivity contribution in [2.45, 2.75) is 69.4 Å². The standard InChI is InChI=1S/C14H25NO/c15-13-5-4-12(13)11-6-9-16-14(10-11)7-2-1-3-8-14/h11-13H,1-10,15H2. The largest absolute Gasteiger partial charge is 0.375 e. The number of hydrogen-bond acceptors (Lipinski definition) is 2. The molecule has 3 aliphatic rings. The minimum Gasteiger partial charge on any atom is -0.375 e. The van der Waals surface area contributed by atoms with Gasteiger partial charge in [-0.15, -0.1) is 0 Å². The molecule has 0 aromatic carbocycles. The molecule has 3 rings (SSSR count). The van der Waals surface area contributed by atoms with Gasteiger partial charge in [-0.05, 0) is 50.4 Å². The van der Waals surface area contributed by atoms with Crippen LogP contribution in [-0.2, 0) is 4.74 Å². The van der Waals surface area contributed by atoms with E-state index in [4.69, 9.17) is 10.5 Å². The van der Waals surface area contributed by atoms with Crippen LogP contribution in [0, 0.1) is 11.8 Å². The first-order valence-electron chi connectivity index (χ1n) is 7.19. The third-order valence-corrected chi connectivity index (χ3v) is 5.28. The molecule has 92 valence electrons. The molecule has 2 heteroatoms. The van der Waals surface area contributed by atoms with Crippen LogP contribution in [-0.4, -0.2) is 18.2 Å². The summed E-state index contributed by atoms with van der Waals surface area (Å²) in [7, 11) is 0. The molecule has 0 aromatic heterocycles. The van der Waals surface area contributed by atoms with Crippen LogP contribution in [0.15, 0.2) is 0 Å². The highest BCUT2D eigenvalue weighted by molar-refractivity contribution is 4.96. The maximum absolute atomic E-state index is 6.15. The third kappa shape index (κ3) is 1.91. The predicted octanol–water partition coefficient (Wildman–Crippen LogP) is 2.85. The Bertz CT molecular complexity index is 242. The van der Waals surface area contributed by atoms with Crippen molar-refractivity contribution in [1.29, 1.82) is 0 Å². The average molecular weight is 223 g/mol. The van der Waals surface area contributed by atoms with Gasteiger partial charge in [-0.2, -0.15) is 0 Å². The maximum atomic E-state index is 6.15. The van der Waals surface area contributed by atoms with Gasteiger partial charge in [0.05, 0.1) is 5.60 Å². The van der Waals surface area contributed by atoms with Gasteiger partial charge in [-0.1, -0.05) is 19.3 Å². The summed E-state index contributed by atoms with van der Waals surface area (Å²) in [6.07, 6.45) is 12.0. The van der Waals surface area contributed by atoms with E-state index in [9.17, 15) is 0 Å². The van der Waals surface area contributed by atoms with Crippen molar-refractivity contribution in [2.75, 3.05) is 6.61 Å². The lowest BCUT2D eigenvalue weighted by atomic mass is 9.65. The first-order valence-corrected chi connectivity index (χ1v) is 7.19. The van der Waals surface area contributed by atoms with Crippen LogP contribution in [0.1, 0.15) is 57.8 Å². The molecule has 2 nitrogen and oxygen atoms in total. The summed E-state index contributed by atoms with van der Waals surface area (Å²) in [5.41, 5.74) is 6.41. The van der Waals surface area contributed by atoms with Crippen LogP contribution in [0.5, 0.6) is 0 Å². The fourth-order valence-electron chi connectivity index (χ4n) is 4.11. The van der Waals surface area contributed by atoms with Crippen LogP contribution in [0.3, 0.4) is 0 Å². The van der Waals surface area contributed by atoms with Gasteiger partial charge in [-0.3, -0.25) is 0 Å². The summed E-state index contributed by atoms with van der Waals surface area (Å²) in [5.74, 6) is 1.69. The topological polar surface area (TPSA) is 35.2 Å². The second kappa shape index (κ2) is 4.30. The van der Waals surface area contributed by atoms with E-state index in [0.717, 1.165) is 18.4 Å². The highest BCUT2D eigenvalue weighted by atomic mass is 16.5. The van der Waals surface area contributed by atoms with Gasteiger partial charge < -0.3 is 10.5 Å². The number of ether oxygens (including phenoxy) is 1. The Kier molecular flexibility index (Phi) is 2.97. The summed E-state index contributed by atoms with van der Waals surface area (Å²) < 4.78 is 6.15. The Labute approximate surface area is 98.9 Å². The quantitative estimate of drug-likeness (QED) is 0.742. The van der Waals surface area contributed by atoms with E-state index >= 15 is 0 Å². The van der Waals surface area contributed by atoms with Gasteiger partial charge in [0.1, 0.15) is 0 Å². The lowest BCUT2D eigenvalue weighted by molar-refractivity contribution is -0.131. The summed E-state index contributed by atoms with van der Waals surface area (Å²) in [6.45, 7) is 0.994. The normalized spacial score (nSPS) is 42.9. The highest BCUT2D eigenvalue weighted by Gasteiger charge is 2.43. The average Bonchev–Trinajstić information content (AvgIpc) is 2.28. The SMILES string of the molecule is NC1CCC1C1CCOC2(CCCCC2)C1. The molecule has 1 heterocycles. The van der Waals surface area contributed by atoms with E-state index in [0.29, 0.717) is 6.04 Å². The molecular weight excluding hydrogens is 198 g/mol. The molecule has 3 fully saturated rings. The maximum Gasteiger partial charge on any atom is 0.0685 e. The monoisotopic (exact) mass is 223 g/mol. The first kappa shape index (κ1) is 11.0. The van der Waals surface area contributed by atoms with Crippen LogP contribution < -0.4 is 5.73 Å². The van der Waals surface area contributed by atoms with Crippen LogP contribution in [0.4, 0.5) is 0 Å². The molecule has 0 amide bonds. The van der Waals surface area contributed by atoms with E-state index in [1.807, 2.05) is 0 Å². The second-order valence-electron chi connectivity index (χ2n) is 6.25. The van der Waals surface area contributed by atoms with Gasteiger partial charge >= 0.3 is 0 Å². The Balaban J connectivity index is 1.64. The predicted molar refractivity (Wildman–Crippen MR) is 65.2 cm³/mol. The van der Waals surface area contributed by atoms with E-state index < -0.39 is 0 Å². The molecule has 0 bridgehead atoms. The van der Waals surface area contributed by atoms with Crippen molar-refractivity contribution in [3.63, 3.8) is 0 Å². The molecular formula is C14H25NO. The molecule has 1 spiro atoms. The fourth-order valence-corrected chi connectivity index (χ4v) is 4.11. The van der Waals surface area contributed by atoms with Crippen LogP contribution in [0.2, 0.25) is 0 Å². The smallest absolute Gasteiger partial charge is 0.0685 e. The Morgan fingerprint density at radius 2 is 1.81 bits per heavy atom. The minimum atomic E-state index is 0.274. The van der Waals surface area contributed by atoms with E-state index in [1.54, 1.807) is 0 Å². The lowest BCUT2D eigenvalue weighted by Crippen LogP contribution is -2.50. The molecule has 0 radical (unpaired) electrons. The minimum absolute atomic E-state index is 0.274. The van der Waals surface area contributed by atoms with Gasteiger partial charge in [0, 0.05) is 12.6 Å². The van der Waals surface area contributed by atoms with Gasteiger partial charge in [0.15, 0.2) is 0 Å². The third-order valence-electron chi connectivity index (χ3n) is 5.28. The molecule has 3 unspecified atom stereocenters. The summed E-state index contributed by atoms with van der Waals surface area (Å²) in [6, 6.07) is 0.503. The Hall–Kier alpha value is -0.0800. The number of hydrogen-bond donors (Lipinski definition) is 1. The number of nitrogens with two attached hydrogens (primary N) is 1. The van der Waals surface area contributed by atoms with E-state index in [-0.39, 0.29) is 5.60 Å². The zero-order chi connectivity index (χ0) is 11.0. The van der Waals surface area contributed by atoms with Gasteiger partial charge in [-0.25, -0.2) is 0 Å². The summed E-state index contributed by atoms with van der Waals surface area (Å²) in [4.78, 5) is 0. The Morgan fingerprint density at radius 3 is 2.44 bits per heavy atom. The van der Waals surface area contributed by atoms with Crippen molar-refractivity contribution >= 4 is 0 Å². The van der Waals surface area contributed by atoms with E-state index in [2.05, 4.69) is 0 Å². The fraction of sp³-hybridized carbons (Fsp3) is 1.00. The molecule has 1 aliphatic heterocycles. The van der Waals surface area contributed by atoms with Crippen LogP contribution >= 0.6 is 0 Å². The van der Waals surface area contributed by atoms with Gasteiger partial charge in [0.25, 0.3) is 0 Å². The molecule has 2 N–H and O–H groups in total. The van der Waals surface area contributed by atoms with Gasteiger partial charge in [0.2, 0.25) is 0 Å². The van der Waals surface area contributed by atoms with E-state index in [1.165, 1.54) is 57.8 Å². The molecule has 1 saturated heterocycles. The molecule has 16 heavy (non-hydrogen) atoms. The number of rotatable bonds is 1. The molecule has 0 aromatic rings. The van der Waals surface area contributed by atoms with Crippen molar-refractivity contribution in [1.82, 2.24) is 0 Å². The van der Waals surface area contributed by atoms with Crippen molar-refractivity contribution in [3.05, 3.63) is 0 Å². The second-order valence-corrected chi connectivity index (χ2v) is 6.25. The molecule has 3 atom stereocenters. The Morgan fingerprint density at radius 1 is 1.00 bits per heavy atom. The van der Waals surface area contributed by atoms with Crippen LogP contribution in [0.25, 0.3) is 0 Å². The lowest BCUT2D eigenvalue weighted by Gasteiger charge is -2.49. The zero-order valence-electron chi connectivity index (χ0n) is 10.3. The highest BCUT2D eigenvalue weighted by Crippen LogP contribution is 2.46. The zero-order valence-corrected chi connectivity index (χ0v) is 10.3. The summed E-state index contributed by atoms with van der Waals surface area (Å²) in [5, 5.41) is 0. The summed E-state index contributed by atoms with van der Waals surface area (Å²) >= 11 is 0. The van der Waals surface area contributed by atoms with Crippen molar-refractivity contribution in [3.8, 4) is 0 Å². The van der Waals surface area contributed by atoms with Crippen molar-refractivity contribution in [2.24, 2.45) is 17.6 Å².